The smallest absolute Gasteiger partial charge is 0.254 e. The van der Waals surface area contributed by atoms with Gasteiger partial charge in [-0.25, -0.2) is 0 Å². The van der Waals surface area contributed by atoms with Crippen molar-refractivity contribution in [3.8, 4) is 11.8 Å². The van der Waals surface area contributed by atoms with Crippen LogP contribution in [-0.4, -0.2) is 30.4 Å². The van der Waals surface area contributed by atoms with Crippen molar-refractivity contribution >= 4 is 50.5 Å². The number of thiophene rings is 1. The average molecular weight is 714 g/mol. The molecule has 2 fully saturated rings. The molecule has 2 saturated carbocycles. The molecule has 0 saturated heterocycles. The summed E-state index contributed by atoms with van der Waals surface area (Å²) < 4.78 is 7.18. The fourth-order valence-corrected chi connectivity index (χ4v) is 10.9. The number of anilines is 2. The van der Waals surface area contributed by atoms with E-state index in [0.717, 1.165) is 27.5 Å². The molecule has 1 aromatic heterocycles. The number of hydrogen-bond donors (Lipinski definition) is 3. The van der Waals surface area contributed by atoms with Gasteiger partial charge >= 0.3 is 0 Å². The Hall–Kier alpha value is -4.45. The molecule has 8 heteroatoms. The van der Waals surface area contributed by atoms with E-state index in [1.165, 1.54) is 44.1 Å². The van der Waals surface area contributed by atoms with E-state index in [1.54, 1.807) is 46.7 Å². The van der Waals surface area contributed by atoms with Gasteiger partial charge in [-0.15, -0.1) is 11.3 Å². The van der Waals surface area contributed by atoms with E-state index in [4.69, 9.17) is 4.74 Å². The predicted octanol–water partition coefficient (Wildman–Crippen LogP) is 8.76. The van der Waals surface area contributed by atoms with Gasteiger partial charge in [0, 0.05) is 22.2 Å². The number of carbonyl (C=O) groups excluding carboxylic acids is 3. The second-order valence-corrected chi connectivity index (χ2v) is 16.8. The van der Waals surface area contributed by atoms with Crippen LogP contribution in [0.15, 0.2) is 66.0 Å². The van der Waals surface area contributed by atoms with Crippen molar-refractivity contribution in [2.45, 2.75) is 90.7 Å². The second kappa shape index (κ2) is 13.8. The zero-order valence-electron chi connectivity index (χ0n) is 30.3. The van der Waals surface area contributed by atoms with Crippen LogP contribution in [0.5, 0.6) is 0 Å². The summed E-state index contributed by atoms with van der Waals surface area (Å²) in [7, 11) is 0. The first-order valence-electron chi connectivity index (χ1n) is 18.8. The minimum atomic E-state index is -0.793. The first kappa shape index (κ1) is 34.6. The lowest BCUT2D eigenvalue weighted by molar-refractivity contribution is -0.118. The van der Waals surface area contributed by atoms with Crippen molar-refractivity contribution in [2.75, 3.05) is 17.2 Å². The SMILES string of the molecule is Cc1ccc2c(c1)CCC1C2CC[C@@]2(C)C1CCC2(C)C#CCOCc1csc2cc(NC(=O)CCC3NC(=O)c4ccccc4NC3=O)ccc12. The normalized spacial score (nSPS) is 27.5. The van der Waals surface area contributed by atoms with E-state index in [1.807, 2.05) is 18.2 Å². The summed E-state index contributed by atoms with van der Waals surface area (Å²) in [5, 5.41) is 11.7. The number of para-hydroxylation sites is 1. The minimum Gasteiger partial charge on any atom is -0.364 e. The van der Waals surface area contributed by atoms with Gasteiger partial charge in [0.2, 0.25) is 11.8 Å². The molecule has 3 amide bonds. The molecule has 268 valence electrons. The molecule has 52 heavy (non-hydrogen) atoms. The third-order valence-electron chi connectivity index (χ3n) is 12.9. The van der Waals surface area contributed by atoms with E-state index in [-0.39, 0.29) is 41.4 Å². The summed E-state index contributed by atoms with van der Waals surface area (Å²) >= 11 is 1.62. The lowest BCUT2D eigenvalue weighted by Gasteiger charge is -2.53. The van der Waals surface area contributed by atoms with Gasteiger partial charge in [-0.1, -0.05) is 60.7 Å². The van der Waals surface area contributed by atoms with Gasteiger partial charge in [-0.05, 0) is 134 Å². The Morgan fingerprint density at radius 1 is 1.04 bits per heavy atom. The molecule has 3 aliphatic carbocycles. The number of hydrogen-bond acceptors (Lipinski definition) is 5. The first-order valence-corrected chi connectivity index (χ1v) is 19.7. The van der Waals surface area contributed by atoms with Gasteiger partial charge in [0.25, 0.3) is 5.91 Å². The molecule has 2 heterocycles. The highest BCUT2D eigenvalue weighted by atomic mass is 32.1. The lowest BCUT2D eigenvalue weighted by Crippen LogP contribution is -2.45. The monoisotopic (exact) mass is 713 g/mol. The summed E-state index contributed by atoms with van der Waals surface area (Å²) in [4.78, 5) is 38.1. The highest BCUT2D eigenvalue weighted by Crippen LogP contribution is 2.67. The molecule has 3 N–H and O–H groups in total. The highest BCUT2D eigenvalue weighted by Gasteiger charge is 2.59. The van der Waals surface area contributed by atoms with Gasteiger partial charge in [0.15, 0.2) is 0 Å². The molecule has 3 aromatic carbocycles. The fourth-order valence-electron chi connectivity index (χ4n) is 9.91. The molecule has 7 nitrogen and oxygen atoms in total. The Bertz CT molecular complexity index is 2130. The van der Waals surface area contributed by atoms with Crippen LogP contribution in [0.2, 0.25) is 0 Å². The molecule has 1 aliphatic heterocycles. The van der Waals surface area contributed by atoms with E-state index in [2.05, 4.69) is 72.1 Å². The summed E-state index contributed by atoms with van der Waals surface area (Å²) in [5.41, 5.74) is 7.54. The van der Waals surface area contributed by atoms with Gasteiger partial charge in [0.1, 0.15) is 12.6 Å². The number of aryl methyl sites for hydroxylation is 2. The molecule has 0 radical (unpaired) electrons. The number of ether oxygens (including phenoxy) is 1. The van der Waals surface area contributed by atoms with Crippen molar-refractivity contribution in [1.29, 1.82) is 0 Å². The topological polar surface area (TPSA) is 96.5 Å². The molecule has 4 aromatic rings. The predicted molar refractivity (Wildman–Crippen MR) is 207 cm³/mol. The average Bonchev–Trinajstić information content (AvgIpc) is 3.62. The molecule has 6 atom stereocenters. The van der Waals surface area contributed by atoms with E-state index < -0.39 is 6.04 Å². The summed E-state index contributed by atoms with van der Waals surface area (Å²) in [6, 6.07) is 19.1. The number of rotatable bonds is 7. The van der Waals surface area contributed by atoms with Gasteiger partial charge in [0.05, 0.1) is 17.9 Å². The maximum Gasteiger partial charge on any atom is 0.254 e. The summed E-state index contributed by atoms with van der Waals surface area (Å²) in [6.45, 7) is 8.05. The fraction of sp³-hybridized carbons (Fsp3) is 0.432. The molecule has 0 bridgehead atoms. The molecule has 5 unspecified atom stereocenters. The van der Waals surface area contributed by atoms with Crippen molar-refractivity contribution < 1.29 is 19.1 Å². The summed E-state index contributed by atoms with van der Waals surface area (Å²) in [6.07, 6.45) is 7.77. The molecule has 0 spiro atoms. The molecule has 8 rings (SSSR count). The second-order valence-electron chi connectivity index (χ2n) is 15.9. The van der Waals surface area contributed by atoms with Crippen LogP contribution >= 0.6 is 11.3 Å². The maximum atomic E-state index is 12.8. The van der Waals surface area contributed by atoms with Crippen molar-refractivity contribution in [1.82, 2.24) is 5.32 Å². The van der Waals surface area contributed by atoms with E-state index >= 15 is 0 Å². The van der Waals surface area contributed by atoms with Crippen LogP contribution in [0.25, 0.3) is 10.1 Å². The number of nitrogens with one attached hydrogen (secondary N) is 3. The number of benzene rings is 3. The Balaban J connectivity index is 0.834. The Morgan fingerprint density at radius 2 is 1.90 bits per heavy atom. The maximum absolute atomic E-state index is 12.8. The van der Waals surface area contributed by atoms with Crippen molar-refractivity contribution in [3.63, 3.8) is 0 Å². The lowest BCUT2D eigenvalue weighted by atomic mass is 9.51. The van der Waals surface area contributed by atoms with Crippen LogP contribution in [-0.2, 0) is 27.4 Å². The van der Waals surface area contributed by atoms with Gasteiger partial charge < -0.3 is 20.7 Å². The van der Waals surface area contributed by atoms with Crippen LogP contribution in [0, 0.1) is 41.4 Å². The van der Waals surface area contributed by atoms with Crippen LogP contribution in [0.3, 0.4) is 0 Å². The zero-order chi connectivity index (χ0) is 36.0. The quantitative estimate of drug-likeness (QED) is 0.132. The summed E-state index contributed by atoms with van der Waals surface area (Å²) in [5.74, 6) is 8.53. The van der Waals surface area contributed by atoms with Crippen LogP contribution in [0.1, 0.15) is 97.3 Å². The number of amides is 3. The van der Waals surface area contributed by atoms with Crippen molar-refractivity contribution in [3.05, 3.63) is 93.9 Å². The van der Waals surface area contributed by atoms with Gasteiger partial charge in [-0.2, -0.15) is 0 Å². The Labute approximate surface area is 310 Å². The standard InChI is InChI=1S/C44H47N3O4S/c1-27-9-12-31-28(23-27)10-13-34-33(31)17-21-44(3)36(34)18-20-43(44,2)19-6-22-51-25-29-26-52-39-24-30(11-14-32(29)39)45-40(48)16-15-38-42(50)46-37-8-5-4-7-35(37)41(49)47-38/h4-5,7-9,11-12,14,23-24,26,33-34,36,38H,10,13,15-18,20-22,25H2,1-3H3,(H,45,48)(H,46,50)(H,47,49)/t33?,34?,36?,38?,43?,44-/m0/s1. The largest absolute Gasteiger partial charge is 0.364 e. The zero-order valence-corrected chi connectivity index (χ0v) is 31.1. The van der Waals surface area contributed by atoms with Crippen LogP contribution in [0.4, 0.5) is 11.4 Å². The van der Waals surface area contributed by atoms with Crippen LogP contribution < -0.4 is 16.0 Å². The Morgan fingerprint density at radius 3 is 2.79 bits per heavy atom. The van der Waals surface area contributed by atoms with E-state index in [0.29, 0.717) is 36.1 Å². The third-order valence-corrected chi connectivity index (χ3v) is 13.9. The Kier molecular flexibility index (Phi) is 9.21. The van der Waals surface area contributed by atoms with Crippen molar-refractivity contribution in [2.24, 2.45) is 22.7 Å². The number of carbonyl (C=O) groups is 3. The van der Waals surface area contributed by atoms with Gasteiger partial charge in [-0.3, -0.25) is 14.4 Å². The number of fused-ring (bicyclic) bond motifs is 7. The molecule has 4 aliphatic rings. The first-order chi connectivity index (χ1) is 25.1. The van der Waals surface area contributed by atoms with E-state index in [9.17, 15) is 14.4 Å². The molecular formula is C44H47N3O4S. The third kappa shape index (κ3) is 6.33. The minimum absolute atomic E-state index is 0.0113. The highest BCUT2D eigenvalue weighted by molar-refractivity contribution is 7.17. The molecular weight excluding hydrogens is 667 g/mol.